The molecular formula is C20H28N4O. The molecule has 1 N–H and O–H groups in total. The largest absolute Gasteiger partial charge is 0.385 e. The van der Waals surface area contributed by atoms with Crippen molar-refractivity contribution in [1.29, 1.82) is 0 Å². The number of hydrogen-bond acceptors (Lipinski definition) is 4. The predicted molar refractivity (Wildman–Crippen MR) is 99.6 cm³/mol. The van der Waals surface area contributed by atoms with Crippen molar-refractivity contribution in [3.05, 3.63) is 47.5 Å². The van der Waals surface area contributed by atoms with Crippen molar-refractivity contribution >= 4 is 5.69 Å². The zero-order valence-corrected chi connectivity index (χ0v) is 15.2. The lowest BCUT2D eigenvalue weighted by Gasteiger charge is -2.35. The summed E-state index contributed by atoms with van der Waals surface area (Å²) in [5, 5.41) is 10.7. The van der Waals surface area contributed by atoms with Gasteiger partial charge in [-0.3, -0.25) is 4.90 Å². The maximum absolute atomic E-state index is 10.7. The summed E-state index contributed by atoms with van der Waals surface area (Å²) in [6, 6.07) is 6.90. The molecule has 3 heterocycles. The smallest absolute Gasteiger partial charge is 0.137 e. The summed E-state index contributed by atoms with van der Waals surface area (Å²) < 4.78 is 1.93. The van der Waals surface area contributed by atoms with Crippen molar-refractivity contribution in [2.45, 2.75) is 31.9 Å². The number of hydrogen-bond donors (Lipinski definition) is 1. The van der Waals surface area contributed by atoms with E-state index in [-0.39, 0.29) is 5.92 Å². The third-order valence-corrected chi connectivity index (χ3v) is 5.79. The summed E-state index contributed by atoms with van der Waals surface area (Å²) in [7, 11) is 4.12. The van der Waals surface area contributed by atoms with Gasteiger partial charge < -0.3 is 14.6 Å². The van der Waals surface area contributed by atoms with Gasteiger partial charge in [-0.15, -0.1) is 0 Å². The molecule has 0 spiro atoms. The van der Waals surface area contributed by atoms with E-state index < -0.39 is 6.10 Å². The number of anilines is 1. The highest BCUT2D eigenvalue weighted by atomic mass is 16.3. The van der Waals surface area contributed by atoms with Crippen molar-refractivity contribution in [3.63, 3.8) is 0 Å². The first-order chi connectivity index (χ1) is 12.1. The fourth-order valence-electron chi connectivity index (χ4n) is 4.34. The van der Waals surface area contributed by atoms with Crippen LogP contribution in [0.3, 0.4) is 0 Å². The molecule has 134 valence electrons. The maximum Gasteiger partial charge on any atom is 0.137 e. The predicted octanol–water partition coefficient (Wildman–Crippen LogP) is 2.36. The van der Waals surface area contributed by atoms with Gasteiger partial charge in [-0.25, -0.2) is 4.98 Å². The molecule has 0 radical (unpaired) electrons. The average Bonchev–Trinajstić information content (AvgIpc) is 3.20. The minimum atomic E-state index is -0.475. The van der Waals surface area contributed by atoms with Crippen LogP contribution < -0.4 is 4.90 Å². The Kier molecular flexibility index (Phi) is 4.52. The fraction of sp³-hybridized carbons (Fsp3) is 0.550. The summed E-state index contributed by atoms with van der Waals surface area (Å²) in [4.78, 5) is 9.16. The topological polar surface area (TPSA) is 44.5 Å². The lowest BCUT2D eigenvalue weighted by molar-refractivity contribution is 0.0405. The SMILES string of the molecule is CN1CCc2cc(CN3CCCC(C(O)c4nccn4C)C3)ccc21. The van der Waals surface area contributed by atoms with Gasteiger partial charge in [0, 0.05) is 57.7 Å². The number of fused-ring (bicyclic) bond motifs is 1. The van der Waals surface area contributed by atoms with E-state index in [1.165, 1.54) is 16.8 Å². The van der Waals surface area contributed by atoms with Gasteiger partial charge in [-0.05, 0) is 43.0 Å². The second-order valence-corrected chi connectivity index (χ2v) is 7.61. The molecule has 5 nitrogen and oxygen atoms in total. The van der Waals surface area contributed by atoms with E-state index in [0.717, 1.165) is 51.3 Å². The Morgan fingerprint density at radius 3 is 2.96 bits per heavy atom. The Morgan fingerprint density at radius 1 is 1.28 bits per heavy atom. The summed E-state index contributed by atoms with van der Waals surface area (Å²) in [6.45, 7) is 4.15. The van der Waals surface area contributed by atoms with Gasteiger partial charge in [0.25, 0.3) is 0 Å². The molecule has 2 aliphatic heterocycles. The summed E-state index contributed by atoms with van der Waals surface area (Å²) in [5.74, 6) is 1.04. The quantitative estimate of drug-likeness (QED) is 0.928. The molecule has 0 amide bonds. The van der Waals surface area contributed by atoms with Gasteiger partial charge in [0.1, 0.15) is 11.9 Å². The number of benzene rings is 1. The van der Waals surface area contributed by atoms with Gasteiger partial charge in [-0.2, -0.15) is 0 Å². The van der Waals surface area contributed by atoms with Gasteiger partial charge >= 0.3 is 0 Å². The number of aliphatic hydroxyl groups is 1. The van der Waals surface area contributed by atoms with Crippen LogP contribution in [0.4, 0.5) is 5.69 Å². The lowest BCUT2D eigenvalue weighted by Crippen LogP contribution is -2.37. The number of imidazole rings is 1. The van der Waals surface area contributed by atoms with Crippen LogP contribution in [0.5, 0.6) is 0 Å². The summed E-state index contributed by atoms with van der Waals surface area (Å²) >= 11 is 0. The molecule has 0 bridgehead atoms. The van der Waals surface area contributed by atoms with E-state index in [9.17, 15) is 5.11 Å². The Bertz CT molecular complexity index is 741. The minimum absolute atomic E-state index is 0.260. The number of aromatic nitrogens is 2. The zero-order valence-electron chi connectivity index (χ0n) is 15.2. The number of likely N-dealkylation sites (N-methyl/N-ethyl adjacent to an activating group) is 1. The Labute approximate surface area is 149 Å². The highest BCUT2D eigenvalue weighted by Gasteiger charge is 2.29. The lowest BCUT2D eigenvalue weighted by atomic mass is 9.91. The molecule has 0 aliphatic carbocycles. The van der Waals surface area contributed by atoms with Crippen LogP contribution in [0.25, 0.3) is 0 Å². The van der Waals surface area contributed by atoms with Crippen LogP contribution in [-0.4, -0.2) is 46.2 Å². The molecular weight excluding hydrogens is 312 g/mol. The van der Waals surface area contributed by atoms with Crippen LogP contribution in [0.1, 0.15) is 35.9 Å². The van der Waals surface area contributed by atoms with E-state index in [4.69, 9.17) is 0 Å². The van der Waals surface area contributed by atoms with E-state index >= 15 is 0 Å². The van der Waals surface area contributed by atoms with Crippen molar-refractivity contribution < 1.29 is 5.11 Å². The molecule has 1 fully saturated rings. The second-order valence-electron chi connectivity index (χ2n) is 7.61. The molecule has 25 heavy (non-hydrogen) atoms. The fourth-order valence-corrected chi connectivity index (χ4v) is 4.34. The summed E-state index contributed by atoms with van der Waals surface area (Å²) in [5.41, 5.74) is 4.24. The molecule has 2 aromatic rings. The third-order valence-electron chi connectivity index (χ3n) is 5.79. The van der Waals surface area contributed by atoms with E-state index in [0.29, 0.717) is 0 Å². The standard InChI is InChI=1S/C20H28N4O/c1-22-10-7-16-12-15(5-6-18(16)22)13-24-9-3-4-17(14-24)19(25)20-21-8-11-23(20)2/h5-6,8,11-12,17,19,25H,3-4,7,9-10,13-14H2,1-2H3. The van der Waals surface area contributed by atoms with Crippen molar-refractivity contribution in [2.75, 3.05) is 31.6 Å². The van der Waals surface area contributed by atoms with Gasteiger partial charge in [0.2, 0.25) is 0 Å². The molecule has 2 unspecified atom stereocenters. The van der Waals surface area contributed by atoms with Crippen molar-refractivity contribution in [2.24, 2.45) is 13.0 Å². The zero-order chi connectivity index (χ0) is 17.4. The normalized spacial score (nSPS) is 22.2. The minimum Gasteiger partial charge on any atom is -0.385 e. The van der Waals surface area contributed by atoms with Gasteiger partial charge in [0.05, 0.1) is 0 Å². The van der Waals surface area contributed by atoms with Crippen LogP contribution in [-0.2, 0) is 20.0 Å². The van der Waals surface area contributed by atoms with Crippen molar-refractivity contribution in [3.8, 4) is 0 Å². The first-order valence-corrected chi connectivity index (χ1v) is 9.32. The monoisotopic (exact) mass is 340 g/mol. The Balaban J connectivity index is 1.43. The number of rotatable bonds is 4. The molecule has 5 heteroatoms. The molecule has 0 saturated carbocycles. The first-order valence-electron chi connectivity index (χ1n) is 9.32. The van der Waals surface area contributed by atoms with E-state index in [1.807, 2.05) is 17.8 Å². The number of piperidine rings is 1. The number of nitrogens with zero attached hydrogens (tertiary/aromatic N) is 4. The highest BCUT2D eigenvalue weighted by Crippen LogP contribution is 2.31. The van der Waals surface area contributed by atoms with Crippen LogP contribution in [0.15, 0.2) is 30.6 Å². The van der Waals surface area contributed by atoms with Crippen LogP contribution in [0.2, 0.25) is 0 Å². The molecule has 1 aromatic carbocycles. The van der Waals surface area contributed by atoms with Crippen LogP contribution in [0, 0.1) is 5.92 Å². The van der Waals surface area contributed by atoms with Gasteiger partial charge in [0.15, 0.2) is 0 Å². The molecule has 2 aliphatic rings. The highest BCUT2D eigenvalue weighted by molar-refractivity contribution is 5.58. The molecule has 1 aromatic heterocycles. The summed E-state index contributed by atoms with van der Waals surface area (Å²) in [6.07, 6.45) is 6.55. The van der Waals surface area contributed by atoms with E-state index in [2.05, 4.69) is 40.0 Å². The molecule has 2 atom stereocenters. The Hall–Kier alpha value is -1.85. The van der Waals surface area contributed by atoms with E-state index in [1.54, 1.807) is 6.20 Å². The molecule has 1 saturated heterocycles. The third kappa shape index (κ3) is 3.31. The Morgan fingerprint density at radius 2 is 2.16 bits per heavy atom. The number of likely N-dealkylation sites (tertiary alicyclic amines) is 1. The van der Waals surface area contributed by atoms with Gasteiger partial charge in [-0.1, -0.05) is 12.1 Å². The average molecular weight is 340 g/mol. The maximum atomic E-state index is 10.7. The number of aryl methyl sites for hydroxylation is 1. The molecule has 4 rings (SSSR count). The van der Waals surface area contributed by atoms with Crippen LogP contribution >= 0.6 is 0 Å². The second kappa shape index (κ2) is 6.81. The van der Waals surface area contributed by atoms with Crippen molar-refractivity contribution in [1.82, 2.24) is 14.5 Å². The number of aliphatic hydroxyl groups excluding tert-OH is 1. The first kappa shape index (κ1) is 16.6.